The molecule has 0 spiro atoms. The first-order valence-electron chi connectivity index (χ1n) is 7.39. The van der Waals surface area contributed by atoms with Crippen LogP contribution in [-0.4, -0.2) is 80.6 Å². The van der Waals surface area contributed by atoms with E-state index in [1.165, 1.54) is 6.42 Å². The monoisotopic (exact) mass is 270 g/mol. The molecule has 112 valence electrons. The van der Waals surface area contributed by atoms with Crippen LogP contribution in [0.1, 0.15) is 20.3 Å². The molecule has 0 aromatic rings. The SMILES string of the molecule is CC(C)CNC(=O)N1CCN(CCCN(C)C)CC1. The van der Waals surface area contributed by atoms with Gasteiger partial charge in [0, 0.05) is 32.7 Å². The topological polar surface area (TPSA) is 38.8 Å². The van der Waals surface area contributed by atoms with Gasteiger partial charge in [-0.2, -0.15) is 0 Å². The second-order valence-corrected chi connectivity index (χ2v) is 6.07. The summed E-state index contributed by atoms with van der Waals surface area (Å²) in [5.74, 6) is 0.510. The molecule has 0 aromatic heterocycles. The number of hydrogen-bond donors (Lipinski definition) is 1. The lowest BCUT2D eigenvalue weighted by atomic mass is 10.2. The minimum Gasteiger partial charge on any atom is -0.338 e. The maximum absolute atomic E-state index is 11.9. The molecule has 1 aliphatic heterocycles. The molecule has 0 radical (unpaired) electrons. The van der Waals surface area contributed by atoms with Crippen LogP contribution in [0.5, 0.6) is 0 Å². The van der Waals surface area contributed by atoms with E-state index >= 15 is 0 Å². The molecule has 0 atom stereocenters. The van der Waals surface area contributed by atoms with E-state index in [9.17, 15) is 4.79 Å². The molecule has 1 N–H and O–H groups in total. The van der Waals surface area contributed by atoms with Crippen LogP contribution in [-0.2, 0) is 0 Å². The van der Waals surface area contributed by atoms with Crippen LogP contribution >= 0.6 is 0 Å². The summed E-state index contributed by atoms with van der Waals surface area (Å²) in [5.41, 5.74) is 0. The Kier molecular flexibility index (Phi) is 7.16. The summed E-state index contributed by atoms with van der Waals surface area (Å²) in [4.78, 5) is 18.5. The fraction of sp³-hybridized carbons (Fsp3) is 0.929. The van der Waals surface area contributed by atoms with Crippen molar-refractivity contribution in [2.24, 2.45) is 5.92 Å². The first-order valence-corrected chi connectivity index (χ1v) is 7.39. The summed E-state index contributed by atoms with van der Waals surface area (Å²) < 4.78 is 0. The molecule has 1 heterocycles. The predicted molar refractivity (Wildman–Crippen MR) is 79.4 cm³/mol. The summed E-state index contributed by atoms with van der Waals surface area (Å²) in [7, 11) is 4.22. The van der Waals surface area contributed by atoms with Gasteiger partial charge >= 0.3 is 6.03 Å². The molecule has 0 aliphatic carbocycles. The van der Waals surface area contributed by atoms with E-state index in [-0.39, 0.29) is 6.03 Å². The third kappa shape index (κ3) is 6.78. The number of carbonyl (C=O) groups is 1. The Labute approximate surface area is 117 Å². The molecule has 0 bridgehead atoms. The maximum Gasteiger partial charge on any atom is 0.317 e. The van der Waals surface area contributed by atoms with E-state index in [0.29, 0.717) is 5.92 Å². The minimum absolute atomic E-state index is 0.0987. The van der Waals surface area contributed by atoms with Crippen molar-refractivity contribution in [2.45, 2.75) is 20.3 Å². The second-order valence-electron chi connectivity index (χ2n) is 6.07. The van der Waals surface area contributed by atoms with Crippen LogP contribution in [0.3, 0.4) is 0 Å². The number of nitrogens with one attached hydrogen (secondary N) is 1. The van der Waals surface area contributed by atoms with Crippen molar-refractivity contribution in [3.63, 3.8) is 0 Å². The number of amides is 2. The van der Waals surface area contributed by atoms with Gasteiger partial charge in [-0.05, 0) is 39.5 Å². The summed E-state index contributed by atoms with van der Waals surface area (Å²) >= 11 is 0. The summed E-state index contributed by atoms with van der Waals surface area (Å²) in [5, 5.41) is 2.99. The highest BCUT2D eigenvalue weighted by molar-refractivity contribution is 5.74. The number of rotatable bonds is 6. The summed E-state index contributed by atoms with van der Waals surface area (Å²) in [6, 6.07) is 0.0987. The van der Waals surface area contributed by atoms with Gasteiger partial charge in [-0.25, -0.2) is 4.79 Å². The molecule has 0 aromatic carbocycles. The first kappa shape index (κ1) is 16.2. The van der Waals surface area contributed by atoms with E-state index in [2.05, 4.69) is 43.1 Å². The third-order valence-corrected chi connectivity index (χ3v) is 3.40. The van der Waals surface area contributed by atoms with Gasteiger partial charge < -0.3 is 15.1 Å². The van der Waals surface area contributed by atoms with Crippen molar-refractivity contribution in [2.75, 3.05) is 59.9 Å². The molecule has 2 amide bonds. The molecule has 1 rings (SSSR count). The van der Waals surface area contributed by atoms with Crippen molar-refractivity contribution in [3.8, 4) is 0 Å². The first-order chi connectivity index (χ1) is 8.99. The summed E-state index contributed by atoms with van der Waals surface area (Å²) in [6.07, 6.45) is 1.20. The van der Waals surface area contributed by atoms with Gasteiger partial charge in [0.2, 0.25) is 0 Å². The Hall–Kier alpha value is -0.810. The van der Waals surface area contributed by atoms with E-state index in [4.69, 9.17) is 0 Å². The normalized spacial score (nSPS) is 17.3. The molecule has 1 fully saturated rings. The van der Waals surface area contributed by atoms with Gasteiger partial charge in [-0.1, -0.05) is 13.8 Å². The molecule has 5 heteroatoms. The van der Waals surface area contributed by atoms with Gasteiger partial charge in [0.05, 0.1) is 0 Å². The molecule has 19 heavy (non-hydrogen) atoms. The average molecular weight is 270 g/mol. The van der Waals surface area contributed by atoms with E-state index in [1.807, 2.05) is 4.90 Å². The maximum atomic E-state index is 11.9. The Morgan fingerprint density at radius 1 is 1.21 bits per heavy atom. The third-order valence-electron chi connectivity index (χ3n) is 3.40. The quantitative estimate of drug-likeness (QED) is 0.780. The second kappa shape index (κ2) is 8.38. The number of urea groups is 1. The highest BCUT2D eigenvalue weighted by Crippen LogP contribution is 2.03. The van der Waals surface area contributed by atoms with Gasteiger partial charge in [0.15, 0.2) is 0 Å². The molecule has 0 saturated carbocycles. The van der Waals surface area contributed by atoms with E-state index < -0.39 is 0 Å². The zero-order valence-electron chi connectivity index (χ0n) is 13.0. The average Bonchev–Trinajstić information content (AvgIpc) is 2.36. The lowest BCUT2D eigenvalue weighted by molar-refractivity contribution is 0.136. The fourth-order valence-corrected chi connectivity index (χ4v) is 2.19. The Bertz CT molecular complexity index is 260. The van der Waals surface area contributed by atoms with E-state index in [1.54, 1.807) is 0 Å². The molecule has 0 unspecified atom stereocenters. The molecular weight excluding hydrogens is 240 g/mol. The zero-order valence-corrected chi connectivity index (χ0v) is 13.0. The van der Waals surface area contributed by atoms with Crippen molar-refractivity contribution < 1.29 is 4.79 Å². The standard InChI is InChI=1S/C14H30N4O/c1-13(2)12-15-14(19)18-10-8-17(9-11-18)7-5-6-16(3)4/h13H,5-12H2,1-4H3,(H,15,19). The van der Waals surface area contributed by atoms with E-state index in [0.717, 1.165) is 45.8 Å². The van der Waals surface area contributed by atoms with Crippen LogP contribution in [0.15, 0.2) is 0 Å². The summed E-state index contributed by atoms with van der Waals surface area (Å²) in [6.45, 7) is 11.0. The molecule has 5 nitrogen and oxygen atoms in total. The van der Waals surface area contributed by atoms with Crippen molar-refractivity contribution >= 4 is 6.03 Å². The molecule has 1 aliphatic rings. The predicted octanol–water partition coefficient (Wildman–Crippen LogP) is 0.921. The smallest absolute Gasteiger partial charge is 0.317 e. The van der Waals surface area contributed by atoms with Crippen molar-refractivity contribution in [1.29, 1.82) is 0 Å². The number of hydrogen-bond acceptors (Lipinski definition) is 3. The van der Waals surface area contributed by atoms with Crippen LogP contribution in [0.2, 0.25) is 0 Å². The van der Waals surface area contributed by atoms with Gasteiger partial charge in [-0.3, -0.25) is 4.90 Å². The van der Waals surface area contributed by atoms with Gasteiger partial charge in [0.1, 0.15) is 0 Å². The number of carbonyl (C=O) groups excluding carboxylic acids is 1. The largest absolute Gasteiger partial charge is 0.338 e. The lowest BCUT2D eigenvalue weighted by Crippen LogP contribution is -2.52. The van der Waals surface area contributed by atoms with Crippen LogP contribution < -0.4 is 5.32 Å². The Morgan fingerprint density at radius 2 is 1.84 bits per heavy atom. The minimum atomic E-state index is 0.0987. The van der Waals surface area contributed by atoms with Crippen molar-refractivity contribution in [1.82, 2.24) is 20.0 Å². The lowest BCUT2D eigenvalue weighted by Gasteiger charge is -2.35. The Morgan fingerprint density at radius 3 is 2.37 bits per heavy atom. The number of piperazine rings is 1. The highest BCUT2D eigenvalue weighted by atomic mass is 16.2. The van der Waals surface area contributed by atoms with Gasteiger partial charge in [-0.15, -0.1) is 0 Å². The number of nitrogens with zero attached hydrogens (tertiary/aromatic N) is 3. The van der Waals surface area contributed by atoms with Crippen LogP contribution in [0, 0.1) is 5.92 Å². The Balaban J connectivity index is 2.15. The van der Waals surface area contributed by atoms with Crippen LogP contribution in [0.25, 0.3) is 0 Å². The fourth-order valence-electron chi connectivity index (χ4n) is 2.19. The van der Waals surface area contributed by atoms with Crippen LogP contribution in [0.4, 0.5) is 4.79 Å². The molecule has 1 saturated heterocycles. The van der Waals surface area contributed by atoms with Crippen molar-refractivity contribution in [3.05, 3.63) is 0 Å². The van der Waals surface area contributed by atoms with Gasteiger partial charge in [0.25, 0.3) is 0 Å². The zero-order chi connectivity index (χ0) is 14.3. The molecular formula is C14H30N4O. The highest BCUT2D eigenvalue weighted by Gasteiger charge is 2.20.